The Morgan fingerprint density at radius 3 is 2.63 bits per heavy atom. The Morgan fingerprint density at radius 2 is 1.81 bits per heavy atom. The van der Waals surface area contributed by atoms with Gasteiger partial charge in [-0.15, -0.1) is 5.10 Å². The van der Waals surface area contributed by atoms with Crippen LogP contribution in [0.15, 0.2) is 48.8 Å². The van der Waals surface area contributed by atoms with Gasteiger partial charge in [0.05, 0.1) is 11.3 Å². The average molecular weight is 360 g/mol. The van der Waals surface area contributed by atoms with Crippen LogP contribution in [0.2, 0.25) is 0 Å². The summed E-state index contributed by atoms with van der Waals surface area (Å²) in [6.45, 7) is 1.97. The van der Waals surface area contributed by atoms with Gasteiger partial charge in [-0.25, -0.2) is 14.4 Å². The van der Waals surface area contributed by atoms with Crippen molar-refractivity contribution in [3.63, 3.8) is 0 Å². The van der Waals surface area contributed by atoms with Gasteiger partial charge < -0.3 is 10.1 Å². The Balaban J connectivity index is 1.87. The van der Waals surface area contributed by atoms with Crippen LogP contribution in [0.25, 0.3) is 33.7 Å². The summed E-state index contributed by atoms with van der Waals surface area (Å²) in [6, 6.07) is 9.91. The molecule has 27 heavy (non-hydrogen) atoms. The van der Waals surface area contributed by atoms with Crippen molar-refractivity contribution in [2.75, 3.05) is 5.73 Å². The van der Waals surface area contributed by atoms with Gasteiger partial charge in [0, 0.05) is 29.2 Å². The number of rotatable bonds is 2. The quantitative estimate of drug-likeness (QED) is 0.519. The van der Waals surface area contributed by atoms with Crippen molar-refractivity contribution in [1.29, 1.82) is 0 Å². The van der Waals surface area contributed by atoms with E-state index in [0.717, 1.165) is 16.9 Å². The summed E-state index contributed by atoms with van der Waals surface area (Å²) in [5.74, 6) is -0.174. The maximum Gasteiger partial charge on any atom is 0.225 e. The minimum Gasteiger partial charge on any atom is -0.368 e. The van der Waals surface area contributed by atoms with E-state index in [0.29, 0.717) is 22.5 Å². The number of benzene rings is 1. The fraction of sp³-hybridized carbons (Fsp3) is 0.0556. The number of nitrogens with two attached hydrogens (primary N) is 1. The molecule has 0 aliphatic heterocycles. The molecule has 5 rings (SSSR count). The molecule has 0 bridgehead atoms. The zero-order valence-electron chi connectivity index (χ0n) is 14.2. The Morgan fingerprint density at radius 1 is 1.04 bits per heavy atom. The van der Waals surface area contributed by atoms with Crippen molar-refractivity contribution in [2.45, 2.75) is 6.92 Å². The first-order valence-electron chi connectivity index (χ1n) is 8.19. The fourth-order valence-electron chi connectivity index (χ4n) is 3.15. The van der Waals surface area contributed by atoms with E-state index in [9.17, 15) is 4.39 Å². The molecule has 0 spiro atoms. The number of aromatic nitrogens is 7. The molecule has 1 aromatic carbocycles. The van der Waals surface area contributed by atoms with Crippen molar-refractivity contribution < 1.29 is 4.39 Å². The smallest absolute Gasteiger partial charge is 0.225 e. The number of tetrazole rings is 1. The van der Waals surface area contributed by atoms with Gasteiger partial charge in [-0.2, -0.15) is 4.52 Å². The first-order valence-corrected chi connectivity index (χ1v) is 8.19. The molecule has 0 saturated carbocycles. The van der Waals surface area contributed by atoms with Gasteiger partial charge in [-0.05, 0) is 53.7 Å². The molecule has 0 saturated heterocycles. The monoisotopic (exact) mass is 360 g/mol. The van der Waals surface area contributed by atoms with E-state index < -0.39 is 0 Å². The van der Waals surface area contributed by atoms with E-state index in [2.05, 4.69) is 25.5 Å². The predicted molar refractivity (Wildman–Crippen MR) is 97.3 cm³/mol. The van der Waals surface area contributed by atoms with E-state index in [1.807, 2.05) is 29.7 Å². The number of nitrogens with zero attached hydrogens (tertiary/aromatic N) is 7. The van der Waals surface area contributed by atoms with Crippen molar-refractivity contribution >= 4 is 17.2 Å². The molecule has 5 aromatic rings. The van der Waals surface area contributed by atoms with E-state index in [-0.39, 0.29) is 11.8 Å². The Labute approximate surface area is 152 Å². The van der Waals surface area contributed by atoms with Crippen LogP contribution in [-0.4, -0.2) is 34.4 Å². The summed E-state index contributed by atoms with van der Waals surface area (Å²) in [5, 5.41) is 11.8. The highest BCUT2D eigenvalue weighted by Gasteiger charge is 2.19. The first kappa shape index (κ1) is 15.4. The molecule has 0 unspecified atom stereocenters. The van der Waals surface area contributed by atoms with E-state index in [1.54, 1.807) is 18.3 Å². The summed E-state index contributed by atoms with van der Waals surface area (Å²) in [6.07, 6.45) is 3.75. The van der Waals surface area contributed by atoms with E-state index in [4.69, 9.17) is 5.73 Å². The molecule has 2 N–H and O–H groups in total. The molecule has 0 radical (unpaired) electrons. The van der Waals surface area contributed by atoms with Crippen LogP contribution >= 0.6 is 0 Å². The van der Waals surface area contributed by atoms with Gasteiger partial charge >= 0.3 is 0 Å². The Kier molecular flexibility index (Phi) is 3.17. The lowest BCUT2D eigenvalue weighted by Gasteiger charge is -2.12. The molecule has 9 heteroatoms. The van der Waals surface area contributed by atoms with Crippen molar-refractivity contribution in [1.82, 2.24) is 34.4 Å². The molecule has 0 fully saturated rings. The van der Waals surface area contributed by atoms with Crippen LogP contribution in [0.3, 0.4) is 0 Å². The van der Waals surface area contributed by atoms with Gasteiger partial charge in [0.2, 0.25) is 5.95 Å². The lowest BCUT2D eigenvalue weighted by Crippen LogP contribution is -2.06. The molecule has 8 nitrogen and oxygen atoms in total. The number of anilines is 1. The highest BCUT2D eigenvalue weighted by molar-refractivity contribution is 5.90. The minimum atomic E-state index is -0.325. The van der Waals surface area contributed by atoms with Crippen LogP contribution in [0.5, 0.6) is 0 Å². The Bertz CT molecular complexity index is 1300. The SMILES string of the molecule is Cc1cnc2ccc(-c3c(-c4ccc(F)cc4)nc(N)n4nnnc34)cn12. The number of nitrogen functional groups attached to an aromatic ring is 1. The zero-order valence-corrected chi connectivity index (χ0v) is 14.2. The summed E-state index contributed by atoms with van der Waals surface area (Å²) in [5.41, 5.74) is 11.2. The van der Waals surface area contributed by atoms with Crippen LogP contribution in [0, 0.1) is 12.7 Å². The zero-order chi connectivity index (χ0) is 18.5. The summed E-state index contributed by atoms with van der Waals surface area (Å²) in [7, 11) is 0. The van der Waals surface area contributed by atoms with Gasteiger partial charge in [0.25, 0.3) is 0 Å². The molecule has 4 heterocycles. The second-order valence-corrected chi connectivity index (χ2v) is 6.16. The second kappa shape index (κ2) is 5.56. The Hall–Kier alpha value is -3.88. The van der Waals surface area contributed by atoms with E-state index in [1.165, 1.54) is 16.6 Å². The number of fused-ring (bicyclic) bond motifs is 2. The van der Waals surface area contributed by atoms with Crippen molar-refractivity contribution in [2.24, 2.45) is 0 Å². The number of halogens is 1. The largest absolute Gasteiger partial charge is 0.368 e. The molecule has 0 atom stereocenters. The molecule has 4 aromatic heterocycles. The number of imidazole rings is 1. The average Bonchev–Trinajstić information content (AvgIpc) is 3.30. The minimum absolute atomic E-state index is 0.151. The molecule has 0 aliphatic carbocycles. The molecule has 132 valence electrons. The van der Waals surface area contributed by atoms with Crippen LogP contribution in [0.1, 0.15) is 5.69 Å². The predicted octanol–water partition coefficient (Wildman–Crippen LogP) is 2.53. The number of aryl methyl sites for hydroxylation is 1. The second-order valence-electron chi connectivity index (χ2n) is 6.16. The van der Waals surface area contributed by atoms with Gasteiger partial charge in [0.15, 0.2) is 5.65 Å². The normalized spacial score (nSPS) is 11.5. The number of hydrogen-bond donors (Lipinski definition) is 1. The lowest BCUT2D eigenvalue weighted by atomic mass is 10.0. The van der Waals surface area contributed by atoms with Gasteiger partial charge in [-0.3, -0.25) is 0 Å². The van der Waals surface area contributed by atoms with Crippen molar-refractivity contribution in [3.8, 4) is 22.4 Å². The maximum atomic E-state index is 13.4. The molecular formula is C18H13FN8. The number of hydrogen-bond acceptors (Lipinski definition) is 6. The molecular weight excluding hydrogens is 347 g/mol. The maximum absolute atomic E-state index is 13.4. The third-order valence-corrected chi connectivity index (χ3v) is 4.47. The van der Waals surface area contributed by atoms with Crippen molar-refractivity contribution in [3.05, 3.63) is 60.3 Å². The first-order chi connectivity index (χ1) is 13.1. The summed E-state index contributed by atoms with van der Waals surface area (Å²) >= 11 is 0. The molecule has 0 aliphatic rings. The van der Waals surface area contributed by atoms with Gasteiger partial charge in [-0.1, -0.05) is 0 Å². The standard InChI is InChI=1S/C18H13FN8/c1-10-8-21-14-7-4-12(9-26(10)14)15-16(11-2-5-13(19)6-3-11)22-18(20)27-17(15)23-24-25-27/h2-9H,1H3,(H2,20,22). The molecule has 0 amide bonds. The highest BCUT2D eigenvalue weighted by Crippen LogP contribution is 2.34. The van der Waals surface area contributed by atoms with Crippen LogP contribution in [-0.2, 0) is 0 Å². The highest BCUT2D eigenvalue weighted by atomic mass is 19.1. The van der Waals surface area contributed by atoms with Gasteiger partial charge in [0.1, 0.15) is 11.5 Å². The topological polar surface area (TPSA) is 99.3 Å². The summed E-state index contributed by atoms with van der Waals surface area (Å²) < 4.78 is 16.8. The number of pyridine rings is 1. The van der Waals surface area contributed by atoms with Crippen LogP contribution in [0.4, 0.5) is 10.3 Å². The van der Waals surface area contributed by atoms with Crippen LogP contribution < -0.4 is 5.73 Å². The third-order valence-electron chi connectivity index (χ3n) is 4.47. The van der Waals surface area contributed by atoms with E-state index >= 15 is 0 Å². The summed E-state index contributed by atoms with van der Waals surface area (Å²) in [4.78, 5) is 8.84. The lowest BCUT2D eigenvalue weighted by molar-refractivity contribution is 0.628. The fourth-order valence-corrected chi connectivity index (χ4v) is 3.15. The third kappa shape index (κ3) is 2.32.